The van der Waals surface area contributed by atoms with Gasteiger partial charge in [0.25, 0.3) is 5.91 Å². The van der Waals surface area contributed by atoms with Gasteiger partial charge in [-0.2, -0.15) is 0 Å². The summed E-state index contributed by atoms with van der Waals surface area (Å²) in [4.78, 5) is 11.8. The lowest BCUT2D eigenvalue weighted by molar-refractivity contribution is -0.180. The fourth-order valence-corrected chi connectivity index (χ4v) is 3.88. The Bertz CT molecular complexity index is 949. The van der Waals surface area contributed by atoms with Crippen LogP contribution in [0.3, 0.4) is 0 Å². The highest BCUT2D eigenvalue weighted by Crippen LogP contribution is 2.33. The van der Waals surface area contributed by atoms with E-state index in [1.54, 1.807) is 24.3 Å². The van der Waals surface area contributed by atoms with E-state index in [2.05, 4.69) is 4.72 Å². The summed E-state index contributed by atoms with van der Waals surface area (Å²) in [6.45, 7) is 4.62. The second-order valence-corrected chi connectivity index (χ2v) is 7.92. The molecule has 0 fully saturated rings. The molecule has 2 aliphatic rings. The molecule has 140 valence electrons. The standard InChI is InChI=1S/C20H19NO5S/c1-20(2)25-12-16-14(4-3-5-17(16)26-20)11-24-15-8-6-13(7-9-15)18-10-19(22)21-27(18)23/h3-10H,11-12H2,1-2H3,(H,21,22). The lowest BCUT2D eigenvalue weighted by atomic mass is 10.1. The third kappa shape index (κ3) is 3.74. The zero-order valence-corrected chi connectivity index (χ0v) is 15.8. The molecular formula is C20H19NO5S. The molecule has 2 aliphatic heterocycles. The van der Waals surface area contributed by atoms with Crippen LogP contribution in [0.2, 0.25) is 0 Å². The van der Waals surface area contributed by atoms with E-state index in [0.717, 1.165) is 22.4 Å². The molecule has 0 aromatic heterocycles. The number of hydrogen-bond donors (Lipinski definition) is 1. The van der Waals surface area contributed by atoms with Crippen molar-refractivity contribution in [1.82, 2.24) is 4.72 Å². The van der Waals surface area contributed by atoms with Crippen LogP contribution in [0.1, 0.15) is 30.5 Å². The zero-order valence-electron chi connectivity index (χ0n) is 15.0. The number of fused-ring (bicyclic) bond motifs is 1. The molecule has 0 saturated carbocycles. The second kappa shape index (κ2) is 6.83. The number of hydrogen-bond acceptors (Lipinski definition) is 5. The Balaban J connectivity index is 1.47. The molecule has 2 aromatic carbocycles. The second-order valence-electron chi connectivity index (χ2n) is 6.74. The highest BCUT2D eigenvalue weighted by Gasteiger charge is 2.28. The van der Waals surface area contributed by atoms with Crippen LogP contribution in [0.4, 0.5) is 0 Å². The van der Waals surface area contributed by atoms with E-state index >= 15 is 0 Å². The summed E-state index contributed by atoms with van der Waals surface area (Å²) in [6, 6.07) is 13.0. The molecule has 1 atom stereocenters. The number of nitrogens with one attached hydrogen (secondary N) is 1. The molecule has 27 heavy (non-hydrogen) atoms. The van der Waals surface area contributed by atoms with Crippen LogP contribution in [-0.2, 0) is 33.7 Å². The summed E-state index contributed by atoms with van der Waals surface area (Å²) in [7, 11) is -1.50. The molecule has 0 bridgehead atoms. The number of rotatable bonds is 4. The molecule has 4 rings (SSSR count). The number of carbonyl (C=O) groups is 1. The summed E-state index contributed by atoms with van der Waals surface area (Å²) in [5.74, 6) is 0.520. The minimum Gasteiger partial charge on any atom is -0.489 e. The van der Waals surface area contributed by atoms with Gasteiger partial charge in [0.1, 0.15) is 18.1 Å². The predicted octanol–water partition coefficient (Wildman–Crippen LogP) is 3.05. The van der Waals surface area contributed by atoms with Gasteiger partial charge in [0.15, 0.2) is 11.0 Å². The van der Waals surface area contributed by atoms with Gasteiger partial charge in [-0.05, 0) is 29.3 Å². The average Bonchev–Trinajstić information content (AvgIpc) is 2.97. The highest BCUT2D eigenvalue weighted by atomic mass is 32.2. The third-order valence-electron chi connectivity index (χ3n) is 4.34. The number of benzene rings is 2. The quantitative estimate of drug-likeness (QED) is 0.876. The summed E-state index contributed by atoms with van der Waals surface area (Å²) in [6.07, 6.45) is 1.35. The zero-order chi connectivity index (χ0) is 19.0. The third-order valence-corrected chi connectivity index (χ3v) is 5.48. The molecule has 0 saturated heterocycles. The van der Waals surface area contributed by atoms with Crippen LogP contribution >= 0.6 is 0 Å². The fraction of sp³-hybridized carbons (Fsp3) is 0.250. The van der Waals surface area contributed by atoms with Crippen LogP contribution in [0, 0.1) is 0 Å². The summed E-state index contributed by atoms with van der Waals surface area (Å²) < 4.78 is 31.6. The van der Waals surface area contributed by atoms with Gasteiger partial charge in [-0.3, -0.25) is 9.52 Å². The topological polar surface area (TPSA) is 73.9 Å². The first-order valence-corrected chi connectivity index (χ1v) is 9.67. The van der Waals surface area contributed by atoms with E-state index in [4.69, 9.17) is 14.2 Å². The van der Waals surface area contributed by atoms with Crippen LogP contribution in [0.5, 0.6) is 11.5 Å². The summed E-state index contributed by atoms with van der Waals surface area (Å²) >= 11 is 0. The molecule has 0 radical (unpaired) electrons. The predicted molar refractivity (Wildman–Crippen MR) is 101 cm³/mol. The van der Waals surface area contributed by atoms with Gasteiger partial charge in [-0.25, -0.2) is 4.21 Å². The lowest BCUT2D eigenvalue weighted by Crippen LogP contribution is -2.35. The Labute approximate surface area is 159 Å². The van der Waals surface area contributed by atoms with E-state index in [1.807, 2.05) is 32.0 Å². The molecule has 2 heterocycles. The maximum atomic E-state index is 11.8. The van der Waals surface area contributed by atoms with Crippen LogP contribution in [-0.4, -0.2) is 15.9 Å². The first kappa shape index (κ1) is 17.8. The Morgan fingerprint density at radius 1 is 1.19 bits per heavy atom. The molecule has 7 heteroatoms. The molecule has 1 unspecified atom stereocenters. The minimum atomic E-state index is -1.50. The molecule has 0 spiro atoms. The van der Waals surface area contributed by atoms with Gasteiger partial charge in [0.2, 0.25) is 5.79 Å². The monoisotopic (exact) mass is 385 g/mol. The van der Waals surface area contributed by atoms with E-state index < -0.39 is 16.8 Å². The Morgan fingerprint density at radius 2 is 1.96 bits per heavy atom. The maximum absolute atomic E-state index is 11.8. The fourth-order valence-electron chi connectivity index (χ4n) is 2.96. The molecular weight excluding hydrogens is 366 g/mol. The van der Waals surface area contributed by atoms with Crippen molar-refractivity contribution in [2.24, 2.45) is 0 Å². The van der Waals surface area contributed by atoms with Gasteiger partial charge < -0.3 is 14.2 Å². The number of ether oxygens (including phenoxy) is 3. The van der Waals surface area contributed by atoms with Gasteiger partial charge >= 0.3 is 0 Å². The van der Waals surface area contributed by atoms with Crippen molar-refractivity contribution in [3.63, 3.8) is 0 Å². The smallest absolute Gasteiger partial charge is 0.257 e. The van der Waals surface area contributed by atoms with Gasteiger partial charge in [0.05, 0.1) is 11.5 Å². The van der Waals surface area contributed by atoms with Crippen molar-refractivity contribution in [3.05, 3.63) is 65.2 Å². The van der Waals surface area contributed by atoms with Crippen LogP contribution in [0.15, 0.2) is 48.5 Å². The summed E-state index contributed by atoms with van der Waals surface area (Å²) in [5, 5.41) is 0. The Morgan fingerprint density at radius 3 is 2.67 bits per heavy atom. The van der Waals surface area contributed by atoms with Crippen molar-refractivity contribution < 1.29 is 23.2 Å². The minimum absolute atomic E-state index is 0.342. The van der Waals surface area contributed by atoms with E-state index in [0.29, 0.717) is 23.9 Å². The molecule has 6 nitrogen and oxygen atoms in total. The first-order valence-electron chi connectivity index (χ1n) is 8.52. The lowest BCUT2D eigenvalue weighted by Gasteiger charge is -2.33. The molecule has 1 N–H and O–H groups in total. The SMILES string of the molecule is CC1(C)OCc2c(COc3ccc(C4=CC(=O)NS4=O)cc3)cccc2O1. The molecule has 0 aliphatic carbocycles. The van der Waals surface area contributed by atoms with Crippen molar-refractivity contribution in [1.29, 1.82) is 0 Å². The van der Waals surface area contributed by atoms with Crippen molar-refractivity contribution in [2.75, 3.05) is 0 Å². The number of amides is 1. The Kier molecular flexibility index (Phi) is 4.49. The van der Waals surface area contributed by atoms with E-state index in [9.17, 15) is 9.00 Å². The van der Waals surface area contributed by atoms with Crippen molar-refractivity contribution >= 4 is 21.8 Å². The largest absolute Gasteiger partial charge is 0.489 e. The molecule has 1 amide bonds. The molecule has 2 aromatic rings. The normalized spacial score (nSPS) is 20.3. The Hall–Kier alpha value is -2.64. The van der Waals surface area contributed by atoms with Crippen LogP contribution in [0.25, 0.3) is 4.91 Å². The maximum Gasteiger partial charge on any atom is 0.257 e. The van der Waals surface area contributed by atoms with E-state index in [1.165, 1.54) is 6.08 Å². The average molecular weight is 385 g/mol. The summed E-state index contributed by atoms with van der Waals surface area (Å²) in [5.41, 5.74) is 2.71. The first-order chi connectivity index (χ1) is 12.9. The highest BCUT2D eigenvalue weighted by molar-refractivity contribution is 7.93. The van der Waals surface area contributed by atoms with Crippen LogP contribution < -0.4 is 14.2 Å². The van der Waals surface area contributed by atoms with Crippen molar-refractivity contribution in [3.8, 4) is 11.5 Å². The van der Waals surface area contributed by atoms with E-state index in [-0.39, 0.29) is 5.91 Å². The number of carbonyl (C=O) groups excluding carboxylic acids is 1. The van der Waals surface area contributed by atoms with Gasteiger partial charge in [0, 0.05) is 25.5 Å². The van der Waals surface area contributed by atoms with Gasteiger partial charge in [-0.1, -0.05) is 24.3 Å². The van der Waals surface area contributed by atoms with Crippen molar-refractivity contribution in [2.45, 2.75) is 32.8 Å². The van der Waals surface area contributed by atoms with Gasteiger partial charge in [-0.15, -0.1) is 0 Å².